The van der Waals surface area contributed by atoms with Gasteiger partial charge in [0.05, 0.1) is 16.9 Å². The largest absolute Gasteiger partial charge is 0.451 e. The van der Waals surface area contributed by atoms with E-state index in [9.17, 15) is 18.0 Å². The summed E-state index contributed by atoms with van der Waals surface area (Å²) in [5.74, 6) is -0.701. The third kappa shape index (κ3) is 5.14. The van der Waals surface area contributed by atoms with Crippen LogP contribution in [0.1, 0.15) is 48.9 Å². The van der Waals surface area contributed by atoms with Crippen LogP contribution in [0.3, 0.4) is 0 Å². The van der Waals surface area contributed by atoms with E-state index in [0.717, 1.165) is 17.2 Å². The Morgan fingerprint density at radius 1 is 1.12 bits per heavy atom. The fourth-order valence-electron chi connectivity index (χ4n) is 4.07. The maximum atomic E-state index is 13.5. The van der Waals surface area contributed by atoms with Crippen molar-refractivity contribution in [2.45, 2.75) is 45.2 Å². The van der Waals surface area contributed by atoms with Crippen molar-refractivity contribution in [1.29, 1.82) is 0 Å². The third-order valence-electron chi connectivity index (χ3n) is 5.98. The molecule has 33 heavy (non-hydrogen) atoms. The highest BCUT2D eigenvalue weighted by molar-refractivity contribution is 7.91. The molecule has 1 aliphatic heterocycles. The van der Waals surface area contributed by atoms with Gasteiger partial charge in [-0.05, 0) is 41.2 Å². The fourth-order valence-corrected chi connectivity index (χ4v) is 5.97. The molecule has 1 amide bonds. The lowest BCUT2D eigenvalue weighted by atomic mass is 9.86. The molecule has 0 saturated carbocycles. The second kappa shape index (κ2) is 8.61. The lowest BCUT2D eigenvalue weighted by Gasteiger charge is -2.28. The van der Waals surface area contributed by atoms with Crippen LogP contribution in [0.2, 0.25) is 5.02 Å². The van der Waals surface area contributed by atoms with Crippen molar-refractivity contribution < 1.29 is 17.6 Å². The van der Waals surface area contributed by atoms with Crippen LogP contribution in [0.25, 0.3) is 11.0 Å². The number of fused-ring (bicyclic) bond motifs is 1. The van der Waals surface area contributed by atoms with Gasteiger partial charge in [-0.1, -0.05) is 56.6 Å². The van der Waals surface area contributed by atoms with Gasteiger partial charge >= 0.3 is 0 Å². The fraction of sp³-hybridized carbons (Fsp3) is 0.360. The smallest absolute Gasteiger partial charge is 0.290 e. The standard InChI is InChI=1S/C25H26ClNO5S/c1-25(2,3)17-6-4-16(5-7-17)14-27(19-10-11-33(30,31)15-19)24(29)23-13-21(28)20-12-18(26)8-9-22(20)32-23/h4-9,12-13,19H,10-11,14-15H2,1-3H3. The van der Waals surface area contributed by atoms with Crippen LogP contribution in [0, 0.1) is 0 Å². The minimum Gasteiger partial charge on any atom is -0.451 e. The zero-order valence-corrected chi connectivity index (χ0v) is 20.4. The number of hydrogen-bond acceptors (Lipinski definition) is 5. The molecule has 174 valence electrons. The van der Waals surface area contributed by atoms with E-state index in [2.05, 4.69) is 20.8 Å². The molecule has 8 heteroatoms. The van der Waals surface area contributed by atoms with Crippen LogP contribution >= 0.6 is 11.6 Å². The Hall–Kier alpha value is -2.64. The van der Waals surface area contributed by atoms with Gasteiger partial charge in [0.25, 0.3) is 5.91 Å². The van der Waals surface area contributed by atoms with E-state index in [1.54, 1.807) is 12.1 Å². The molecule has 1 aromatic heterocycles. The number of carbonyl (C=O) groups is 1. The first-order valence-corrected chi connectivity index (χ1v) is 13.0. The molecule has 6 nitrogen and oxygen atoms in total. The van der Waals surface area contributed by atoms with Gasteiger partial charge in [0.1, 0.15) is 5.58 Å². The summed E-state index contributed by atoms with van der Waals surface area (Å²) in [5, 5.41) is 0.678. The number of rotatable bonds is 4. The van der Waals surface area contributed by atoms with E-state index in [0.29, 0.717) is 11.4 Å². The van der Waals surface area contributed by atoms with Crippen molar-refractivity contribution >= 4 is 38.3 Å². The number of carbonyl (C=O) groups excluding carboxylic acids is 1. The summed E-state index contributed by atoms with van der Waals surface area (Å²) in [4.78, 5) is 27.6. The summed E-state index contributed by atoms with van der Waals surface area (Å²) < 4.78 is 30.1. The van der Waals surface area contributed by atoms with Crippen molar-refractivity contribution in [2.75, 3.05) is 11.5 Å². The Morgan fingerprint density at radius 2 is 1.82 bits per heavy atom. The third-order valence-corrected chi connectivity index (χ3v) is 7.97. The molecule has 2 heterocycles. The quantitative estimate of drug-likeness (QED) is 0.538. The van der Waals surface area contributed by atoms with Gasteiger partial charge in [-0.15, -0.1) is 0 Å². The lowest BCUT2D eigenvalue weighted by molar-refractivity contribution is 0.0648. The summed E-state index contributed by atoms with van der Waals surface area (Å²) >= 11 is 5.97. The van der Waals surface area contributed by atoms with Crippen molar-refractivity contribution in [3.63, 3.8) is 0 Å². The van der Waals surface area contributed by atoms with Crippen LogP contribution in [-0.2, 0) is 21.8 Å². The van der Waals surface area contributed by atoms with E-state index in [1.165, 1.54) is 11.0 Å². The van der Waals surface area contributed by atoms with Gasteiger partial charge < -0.3 is 9.32 Å². The zero-order valence-electron chi connectivity index (χ0n) is 18.8. The van der Waals surface area contributed by atoms with Crippen LogP contribution in [0.5, 0.6) is 0 Å². The van der Waals surface area contributed by atoms with Gasteiger partial charge in [-0.2, -0.15) is 0 Å². The van der Waals surface area contributed by atoms with Gasteiger partial charge in [-0.3, -0.25) is 9.59 Å². The SMILES string of the molecule is CC(C)(C)c1ccc(CN(C(=O)c2cc(=O)c3cc(Cl)ccc3o2)C2CCS(=O)(=O)C2)cc1. The second-order valence-electron chi connectivity index (χ2n) is 9.55. The van der Waals surface area contributed by atoms with E-state index in [1.807, 2.05) is 24.3 Å². The highest BCUT2D eigenvalue weighted by Crippen LogP contribution is 2.26. The van der Waals surface area contributed by atoms with Crippen LogP contribution < -0.4 is 5.43 Å². The molecule has 3 aromatic rings. The minimum atomic E-state index is -3.22. The number of amides is 1. The average Bonchev–Trinajstić information content (AvgIpc) is 3.11. The Morgan fingerprint density at radius 3 is 2.42 bits per heavy atom. The van der Waals surface area contributed by atoms with Crippen molar-refractivity contribution in [2.24, 2.45) is 0 Å². The molecule has 0 spiro atoms. The average molecular weight is 488 g/mol. The number of nitrogens with zero attached hydrogens (tertiary/aromatic N) is 1. The molecule has 1 fully saturated rings. The maximum absolute atomic E-state index is 13.5. The molecule has 0 N–H and O–H groups in total. The molecular weight excluding hydrogens is 462 g/mol. The predicted molar refractivity (Wildman–Crippen MR) is 130 cm³/mol. The van der Waals surface area contributed by atoms with Crippen LogP contribution in [-0.4, -0.2) is 36.8 Å². The molecule has 0 radical (unpaired) electrons. The van der Waals surface area contributed by atoms with Gasteiger partial charge in [0.2, 0.25) is 0 Å². The van der Waals surface area contributed by atoms with Crippen molar-refractivity contribution in [3.05, 3.63) is 80.7 Å². The molecule has 1 unspecified atom stereocenters. The van der Waals surface area contributed by atoms with E-state index in [4.69, 9.17) is 16.0 Å². The van der Waals surface area contributed by atoms with E-state index in [-0.39, 0.29) is 45.6 Å². The van der Waals surface area contributed by atoms with Gasteiger partial charge in [0, 0.05) is 23.7 Å². The number of benzene rings is 2. The maximum Gasteiger partial charge on any atom is 0.290 e. The molecule has 0 aliphatic carbocycles. The zero-order chi connectivity index (χ0) is 24.0. The summed E-state index contributed by atoms with van der Waals surface area (Å²) in [6.07, 6.45) is 0.349. The molecule has 1 saturated heterocycles. The first kappa shape index (κ1) is 23.5. The van der Waals surface area contributed by atoms with E-state index >= 15 is 0 Å². The number of sulfone groups is 1. The molecule has 4 rings (SSSR count). The Kier molecular flexibility index (Phi) is 6.14. The monoisotopic (exact) mass is 487 g/mol. The summed E-state index contributed by atoms with van der Waals surface area (Å²) in [6.45, 7) is 6.58. The van der Waals surface area contributed by atoms with Crippen LogP contribution in [0.4, 0.5) is 0 Å². The Balaban J connectivity index is 1.70. The molecule has 1 atom stereocenters. The minimum absolute atomic E-state index is 0.00896. The lowest BCUT2D eigenvalue weighted by Crippen LogP contribution is -2.41. The highest BCUT2D eigenvalue weighted by atomic mass is 35.5. The number of halogens is 1. The Bertz CT molecular complexity index is 1370. The topological polar surface area (TPSA) is 84.7 Å². The molecule has 1 aliphatic rings. The second-order valence-corrected chi connectivity index (χ2v) is 12.2. The first-order chi connectivity index (χ1) is 15.4. The summed E-state index contributed by atoms with van der Waals surface area (Å²) in [6, 6.07) is 13.2. The molecule has 2 aromatic carbocycles. The predicted octanol–water partition coefficient (Wildman–Crippen LogP) is 4.57. The molecular formula is C25H26ClNO5S. The Labute approximate surface area is 198 Å². The normalized spacial score (nSPS) is 17.9. The molecule has 0 bridgehead atoms. The number of hydrogen-bond donors (Lipinski definition) is 0. The van der Waals surface area contributed by atoms with E-state index < -0.39 is 21.8 Å². The van der Waals surface area contributed by atoms with Gasteiger partial charge in [-0.25, -0.2) is 8.42 Å². The summed E-state index contributed by atoms with van der Waals surface area (Å²) in [7, 11) is -3.22. The van der Waals surface area contributed by atoms with Crippen molar-refractivity contribution in [1.82, 2.24) is 4.90 Å². The summed E-state index contributed by atoms with van der Waals surface area (Å²) in [5.41, 5.74) is 1.90. The van der Waals surface area contributed by atoms with Crippen LogP contribution in [0.15, 0.2) is 57.7 Å². The van der Waals surface area contributed by atoms with Crippen molar-refractivity contribution in [3.8, 4) is 0 Å². The van der Waals surface area contributed by atoms with Gasteiger partial charge in [0.15, 0.2) is 21.0 Å². The highest BCUT2D eigenvalue weighted by Gasteiger charge is 2.36. The first-order valence-electron chi connectivity index (χ1n) is 10.8.